The molecule has 1 N–H and O–H groups in total. The van der Waals surface area contributed by atoms with E-state index >= 15 is 8.78 Å². The minimum Gasteiger partial charge on any atom is -0.385 e. The summed E-state index contributed by atoms with van der Waals surface area (Å²) in [6.45, 7) is 5.48. The summed E-state index contributed by atoms with van der Waals surface area (Å²) in [6, 6.07) is 2.50. The van der Waals surface area contributed by atoms with Crippen LogP contribution in [0.2, 0.25) is 0 Å². The molecule has 1 aliphatic rings. The second kappa shape index (κ2) is 6.48. The molecule has 144 valence electrons. The van der Waals surface area contributed by atoms with Gasteiger partial charge in [-0.1, -0.05) is 13.8 Å². The van der Waals surface area contributed by atoms with E-state index in [0.29, 0.717) is 34.9 Å². The lowest BCUT2D eigenvalue weighted by atomic mass is 9.91. The van der Waals surface area contributed by atoms with Crippen LogP contribution in [-0.4, -0.2) is 30.5 Å². The predicted octanol–water partition coefficient (Wildman–Crippen LogP) is 4.67. The molecule has 27 heavy (non-hydrogen) atoms. The van der Waals surface area contributed by atoms with E-state index < -0.39 is 18.1 Å². The Morgan fingerprint density at radius 2 is 1.96 bits per heavy atom. The second-order valence-electron chi connectivity index (χ2n) is 7.89. The van der Waals surface area contributed by atoms with Crippen molar-refractivity contribution in [1.82, 2.24) is 19.5 Å². The molecule has 1 aliphatic carbocycles. The highest BCUT2D eigenvalue weighted by Crippen LogP contribution is 2.46. The molecule has 0 radical (unpaired) electrons. The van der Waals surface area contributed by atoms with Gasteiger partial charge in [-0.05, 0) is 43.7 Å². The molecule has 0 saturated heterocycles. The maximum absolute atomic E-state index is 15.3. The third-order valence-electron chi connectivity index (χ3n) is 5.94. The molecule has 0 amide bonds. The zero-order valence-electron chi connectivity index (χ0n) is 15.7. The first kappa shape index (κ1) is 18.2. The molecule has 4 unspecified atom stereocenters. The smallest absolute Gasteiger partial charge is 0.268 e. The van der Waals surface area contributed by atoms with Crippen molar-refractivity contribution >= 4 is 22.1 Å². The molecule has 0 aliphatic heterocycles. The Morgan fingerprint density at radius 3 is 2.70 bits per heavy atom. The number of aliphatic hydroxyl groups is 1. The lowest BCUT2D eigenvalue weighted by Gasteiger charge is -2.29. The van der Waals surface area contributed by atoms with Gasteiger partial charge in [-0.3, -0.25) is 9.97 Å². The van der Waals surface area contributed by atoms with Crippen molar-refractivity contribution in [2.45, 2.75) is 58.1 Å². The molecule has 4 atom stereocenters. The van der Waals surface area contributed by atoms with Crippen molar-refractivity contribution < 1.29 is 13.9 Å². The fourth-order valence-corrected chi connectivity index (χ4v) is 4.22. The number of halogens is 2. The molecular weight excluding hydrogens is 350 g/mol. The first-order valence-corrected chi connectivity index (χ1v) is 9.47. The maximum Gasteiger partial charge on any atom is 0.268 e. The molecule has 0 bridgehead atoms. The third-order valence-corrected chi connectivity index (χ3v) is 5.94. The number of aliphatic hydroxyl groups excluding tert-OH is 1. The molecule has 3 heterocycles. The molecule has 4 rings (SSSR count). The Bertz CT molecular complexity index is 985. The van der Waals surface area contributed by atoms with Crippen LogP contribution < -0.4 is 0 Å². The number of hydrogen-bond donors (Lipinski definition) is 1. The van der Waals surface area contributed by atoms with Gasteiger partial charge in [-0.2, -0.15) is 0 Å². The van der Waals surface area contributed by atoms with Gasteiger partial charge < -0.3 is 9.67 Å². The zero-order chi connectivity index (χ0) is 19.3. The Labute approximate surface area is 156 Å². The van der Waals surface area contributed by atoms with Crippen molar-refractivity contribution in [2.75, 3.05) is 0 Å². The number of alkyl halides is 2. The van der Waals surface area contributed by atoms with Crippen LogP contribution in [0, 0.1) is 11.8 Å². The fraction of sp³-hybridized carbons (Fsp3) is 0.550. The standard InChI is InChI=1S/C20H24F2N4O/c1-11-6-7-16(20(21,22)9-12(11)2)26-18-15(25-19(26)13(3)27)10-24-14-5-4-8-23-17(14)18/h4-5,8,10-13,16,27H,6-7,9H2,1-3H3. The van der Waals surface area contributed by atoms with E-state index in [-0.39, 0.29) is 24.1 Å². The van der Waals surface area contributed by atoms with Gasteiger partial charge in [0.15, 0.2) is 0 Å². The van der Waals surface area contributed by atoms with Gasteiger partial charge >= 0.3 is 0 Å². The van der Waals surface area contributed by atoms with Crippen molar-refractivity contribution in [3.05, 3.63) is 30.4 Å². The SMILES string of the molecule is CC(O)c1nc2cnc3cccnc3c2n1C1CCC(C)C(C)CC1(F)F. The van der Waals surface area contributed by atoms with Crippen molar-refractivity contribution in [3.63, 3.8) is 0 Å². The third kappa shape index (κ3) is 2.98. The fourth-order valence-electron chi connectivity index (χ4n) is 4.22. The van der Waals surface area contributed by atoms with Gasteiger partial charge in [0.1, 0.15) is 23.0 Å². The normalized spacial score (nSPS) is 27.0. The highest BCUT2D eigenvalue weighted by Gasteiger charge is 2.46. The Morgan fingerprint density at radius 1 is 1.19 bits per heavy atom. The molecule has 3 aromatic heterocycles. The number of pyridine rings is 2. The van der Waals surface area contributed by atoms with Crippen molar-refractivity contribution in [2.24, 2.45) is 11.8 Å². The van der Waals surface area contributed by atoms with Crippen LogP contribution in [0.25, 0.3) is 22.1 Å². The number of fused-ring (bicyclic) bond motifs is 3. The van der Waals surface area contributed by atoms with Crippen LogP contribution in [0.1, 0.15) is 58.0 Å². The van der Waals surface area contributed by atoms with E-state index in [4.69, 9.17) is 0 Å². The van der Waals surface area contributed by atoms with E-state index in [2.05, 4.69) is 15.0 Å². The first-order valence-electron chi connectivity index (χ1n) is 9.47. The van der Waals surface area contributed by atoms with Crippen LogP contribution in [0.3, 0.4) is 0 Å². The summed E-state index contributed by atoms with van der Waals surface area (Å²) >= 11 is 0. The first-order chi connectivity index (χ1) is 12.8. The quantitative estimate of drug-likeness (QED) is 0.663. The van der Waals surface area contributed by atoms with Crippen LogP contribution >= 0.6 is 0 Å². The lowest BCUT2D eigenvalue weighted by Crippen LogP contribution is -2.32. The number of aromatic nitrogens is 4. The van der Waals surface area contributed by atoms with E-state index in [1.165, 1.54) is 0 Å². The van der Waals surface area contributed by atoms with Gasteiger partial charge in [-0.15, -0.1) is 0 Å². The van der Waals surface area contributed by atoms with Gasteiger partial charge in [0, 0.05) is 12.6 Å². The zero-order valence-corrected chi connectivity index (χ0v) is 15.7. The summed E-state index contributed by atoms with van der Waals surface area (Å²) in [5, 5.41) is 10.3. The Kier molecular flexibility index (Phi) is 4.37. The van der Waals surface area contributed by atoms with Crippen molar-refractivity contribution in [1.29, 1.82) is 0 Å². The second-order valence-corrected chi connectivity index (χ2v) is 7.89. The Hall–Kier alpha value is -2.15. The molecule has 1 saturated carbocycles. The average Bonchev–Trinajstić information content (AvgIpc) is 2.96. The highest BCUT2D eigenvalue weighted by molar-refractivity contribution is 5.99. The molecule has 0 spiro atoms. The van der Waals surface area contributed by atoms with Crippen molar-refractivity contribution in [3.8, 4) is 0 Å². The number of rotatable bonds is 2. The van der Waals surface area contributed by atoms with E-state index in [1.54, 1.807) is 36.0 Å². The maximum atomic E-state index is 15.3. The van der Waals surface area contributed by atoms with Gasteiger partial charge in [0.25, 0.3) is 5.92 Å². The monoisotopic (exact) mass is 374 g/mol. The summed E-state index contributed by atoms with van der Waals surface area (Å²) in [5.41, 5.74) is 2.18. The summed E-state index contributed by atoms with van der Waals surface area (Å²) < 4.78 is 32.2. The molecule has 1 fully saturated rings. The highest BCUT2D eigenvalue weighted by atomic mass is 19.3. The molecule has 0 aromatic carbocycles. The molecule has 3 aromatic rings. The topological polar surface area (TPSA) is 63.8 Å². The van der Waals surface area contributed by atoms with Gasteiger partial charge in [-0.25, -0.2) is 13.8 Å². The molecule has 5 nitrogen and oxygen atoms in total. The largest absolute Gasteiger partial charge is 0.385 e. The van der Waals surface area contributed by atoms with Crippen LogP contribution in [0.5, 0.6) is 0 Å². The number of imidazole rings is 1. The van der Waals surface area contributed by atoms with Gasteiger partial charge in [0.05, 0.1) is 23.3 Å². The Balaban J connectivity index is 2.01. The average molecular weight is 374 g/mol. The summed E-state index contributed by atoms with van der Waals surface area (Å²) in [4.78, 5) is 13.2. The van der Waals surface area contributed by atoms with Crippen LogP contribution in [-0.2, 0) is 0 Å². The minimum atomic E-state index is -2.90. The summed E-state index contributed by atoms with van der Waals surface area (Å²) in [7, 11) is 0. The summed E-state index contributed by atoms with van der Waals surface area (Å²) in [5.74, 6) is -2.49. The number of nitrogens with zero attached hydrogens (tertiary/aromatic N) is 4. The minimum absolute atomic E-state index is 0.0636. The van der Waals surface area contributed by atoms with Crippen LogP contribution in [0.4, 0.5) is 8.78 Å². The molecular formula is C20H24F2N4O. The lowest BCUT2D eigenvalue weighted by molar-refractivity contribution is -0.0661. The molecule has 7 heteroatoms. The van der Waals surface area contributed by atoms with E-state index in [1.807, 2.05) is 13.8 Å². The number of hydrogen-bond acceptors (Lipinski definition) is 4. The summed E-state index contributed by atoms with van der Waals surface area (Å²) in [6.07, 6.45) is 3.09. The van der Waals surface area contributed by atoms with Gasteiger partial charge in [0.2, 0.25) is 0 Å². The van der Waals surface area contributed by atoms with Crippen LogP contribution in [0.15, 0.2) is 24.5 Å². The predicted molar refractivity (Wildman–Crippen MR) is 99.6 cm³/mol. The van der Waals surface area contributed by atoms with E-state index in [9.17, 15) is 5.11 Å². The van der Waals surface area contributed by atoms with E-state index in [0.717, 1.165) is 0 Å².